The maximum Gasteiger partial charge on any atom is 0.133 e. The smallest absolute Gasteiger partial charge is 0.133 e. The fraction of sp³-hybridized carbons (Fsp3) is 0.517. The van der Waals surface area contributed by atoms with Crippen molar-refractivity contribution in [3.8, 4) is 0 Å². The molecule has 4 nitrogen and oxygen atoms in total. The Bertz CT molecular complexity index is 1200. The van der Waals surface area contributed by atoms with Crippen LogP contribution in [0, 0.1) is 11.6 Å². The number of rotatable bonds is 8. The van der Waals surface area contributed by atoms with Crippen molar-refractivity contribution < 1.29 is 13.2 Å². The first-order valence-corrected chi connectivity index (χ1v) is 13.2. The minimum Gasteiger partial charge on any atom is -0.380 e. The molecule has 0 spiro atoms. The number of nitrogens with one attached hydrogen (secondary N) is 2. The summed E-state index contributed by atoms with van der Waals surface area (Å²) in [6, 6.07) is 10.1. The Morgan fingerprint density at radius 3 is 2.47 bits per heavy atom. The van der Waals surface area contributed by atoms with Gasteiger partial charge >= 0.3 is 0 Å². The number of anilines is 1. The third-order valence-corrected chi connectivity index (χ3v) is 7.58. The molecular weight excluding hydrogens is 461 g/mol. The Hall–Kier alpha value is -2.51. The summed E-state index contributed by atoms with van der Waals surface area (Å²) in [5, 5.41) is 4.35. The standard InChI is InChI=1S/C29H37F3N4/c1-5-6-11-35-15-20(16-35)33-19-13-23(30)26(24(31)14-19)28-27-22(21-9-7-8-10-25(21)34-27)12-18(2)36(28)17-29(3,4)32/h7-10,13-14,18,20,28,33-34H,5-6,11-12,15-17H2,1-4H3/t18-,28-/m1/s1. The highest BCUT2D eigenvalue weighted by Crippen LogP contribution is 2.43. The molecule has 3 heterocycles. The average molecular weight is 499 g/mol. The van der Waals surface area contributed by atoms with Crippen LogP contribution in [0.4, 0.5) is 18.9 Å². The van der Waals surface area contributed by atoms with Crippen LogP contribution in [0.5, 0.6) is 0 Å². The first-order valence-electron chi connectivity index (χ1n) is 13.2. The van der Waals surface area contributed by atoms with Gasteiger partial charge in [0.15, 0.2) is 0 Å². The van der Waals surface area contributed by atoms with E-state index in [9.17, 15) is 4.39 Å². The van der Waals surface area contributed by atoms with Gasteiger partial charge in [0, 0.05) is 53.5 Å². The van der Waals surface area contributed by atoms with Gasteiger partial charge in [0.2, 0.25) is 0 Å². The lowest BCUT2D eigenvalue weighted by molar-refractivity contribution is 0.0643. The van der Waals surface area contributed by atoms with Crippen LogP contribution in [0.2, 0.25) is 0 Å². The monoisotopic (exact) mass is 498 g/mol. The van der Waals surface area contributed by atoms with Gasteiger partial charge in [-0.2, -0.15) is 0 Å². The molecule has 0 radical (unpaired) electrons. The molecule has 2 aliphatic heterocycles. The largest absolute Gasteiger partial charge is 0.380 e. The third kappa shape index (κ3) is 4.88. The molecule has 1 fully saturated rings. The number of unbranched alkanes of at least 4 members (excludes halogenated alkanes) is 1. The molecule has 0 bridgehead atoms. The first-order chi connectivity index (χ1) is 17.1. The molecule has 5 rings (SSSR count). The van der Waals surface area contributed by atoms with Crippen LogP contribution in [0.1, 0.15) is 63.4 Å². The van der Waals surface area contributed by atoms with Gasteiger partial charge in [-0.15, -0.1) is 0 Å². The van der Waals surface area contributed by atoms with Crippen molar-refractivity contribution in [2.24, 2.45) is 0 Å². The summed E-state index contributed by atoms with van der Waals surface area (Å²) in [5.41, 5.74) is 1.65. The number of nitrogens with zero attached hydrogens (tertiary/aromatic N) is 2. The van der Waals surface area contributed by atoms with Crippen LogP contribution in [0.3, 0.4) is 0 Å². The average Bonchev–Trinajstić information content (AvgIpc) is 3.14. The molecule has 2 aliphatic rings. The predicted octanol–water partition coefficient (Wildman–Crippen LogP) is 6.43. The highest BCUT2D eigenvalue weighted by molar-refractivity contribution is 5.85. The zero-order valence-electron chi connectivity index (χ0n) is 21.7. The molecule has 3 aromatic rings. The van der Waals surface area contributed by atoms with Crippen molar-refractivity contribution in [2.75, 3.05) is 31.5 Å². The second kappa shape index (κ2) is 9.75. The van der Waals surface area contributed by atoms with Crippen LogP contribution >= 0.6 is 0 Å². The number of hydrogen-bond acceptors (Lipinski definition) is 3. The third-order valence-electron chi connectivity index (χ3n) is 7.58. The van der Waals surface area contributed by atoms with Gasteiger partial charge < -0.3 is 10.3 Å². The van der Waals surface area contributed by atoms with Crippen molar-refractivity contribution in [2.45, 2.75) is 70.8 Å². The van der Waals surface area contributed by atoms with Crippen molar-refractivity contribution in [1.29, 1.82) is 0 Å². The SMILES string of the molecule is CCCCN1CC(Nc2cc(F)c([C@@H]3c4[nH]c5ccccc5c4C[C@@H](C)N3CC(C)(C)F)c(F)c2)C1. The minimum absolute atomic E-state index is 0.0256. The van der Waals surface area contributed by atoms with Gasteiger partial charge in [0.1, 0.15) is 17.3 Å². The van der Waals surface area contributed by atoms with Crippen molar-refractivity contribution in [1.82, 2.24) is 14.8 Å². The summed E-state index contributed by atoms with van der Waals surface area (Å²) in [5.74, 6) is -1.21. The van der Waals surface area contributed by atoms with E-state index in [1.807, 2.05) is 36.1 Å². The normalized spacial score (nSPS) is 21.5. The van der Waals surface area contributed by atoms with Gasteiger partial charge in [0.25, 0.3) is 0 Å². The summed E-state index contributed by atoms with van der Waals surface area (Å²) >= 11 is 0. The van der Waals surface area contributed by atoms with E-state index in [0.717, 1.165) is 54.6 Å². The van der Waals surface area contributed by atoms with Gasteiger partial charge in [-0.1, -0.05) is 31.5 Å². The quantitative estimate of drug-likeness (QED) is 0.376. The highest BCUT2D eigenvalue weighted by Gasteiger charge is 2.41. The molecule has 1 saturated heterocycles. The Kier molecular flexibility index (Phi) is 6.81. The zero-order valence-corrected chi connectivity index (χ0v) is 21.7. The summed E-state index contributed by atoms with van der Waals surface area (Å²) in [6.07, 6.45) is 3.00. The summed E-state index contributed by atoms with van der Waals surface area (Å²) in [6.45, 7) is 10.1. The molecule has 1 aromatic heterocycles. The number of para-hydroxylation sites is 1. The van der Waals surface area contributed by atoms with Gasteiger partial charge in [0.05, 0.1) is 12.1 Å². The number of aromatic nitrogens is 1. The summed E-state index contributed by atoms with van der Waals surface area (Å²) in [7, 11) is 0. The van der Waals surface area contributed by atoms with Crippen LogP contribution in [0.15, 0.2) is 36.4 Å². The number of benzene rings is 2. The van der Waals surface area contributed by atoms with Gasteiger partial charge in [-0.3, -0.25) is 9.80 Å². The Balaban J connectivity index is 1.50. The van der Waals surface area contributed by atoms with E-state index >= 15 is 8.78 Å². The van der Waals surface area contributed by atoms with E-state index in [2.05, 4.69) is 22.1 Å². The van der Waals surface area contributed by atoms with Crippen molar-refractivity contribution >= 4 is 16.6 Å². The topological polar surface area (TPSA) is 34.3 Å². The van der Waals surface area contributed by atoms with Crippen LogP contribution < -0.4 is 5.32 Å². The van der Waals surface area contributed by atoms with Crippen molar-refractivity contribution in [3.63, 3.8) is 0 Å². The molecule has 0 amide bonds. The maximum atomic E-state index is 15.8. The summed E-state index contributed by atoms with van der Waals surface area (Å²) in [4.78, 5) is 7.68. The second-order valence-electron chi connectivity index (χ2n) is 11.2. The van der Waals surface area contributed by atoms with Crippen molar-refractivity contribution in [3.05, 3.63) is 64.9 Å². The highest BCUT2D eigenvalue weighted by atomic mass is 19.1. The molecular formula is C29H37F3N4. The maximum absolute atomic E-state index is 15.8. The number of H-pyrrole nitrogens is 1. The number of aromatic amines is 1. The Morgan fingerprint density at radius 1 is 1.11 bits per heavy atom. The summed E-state index contributed by atoms with van der Waals surface area (Å²) < 4.78 is 46.5. The molecule has 0 aliphatic carbocycles. The fourth-order valence-electron chi connectivity index (χ4n) is 5.89. The van der Waals surface area contributed by atoms with E-state index < -0.39 is 23.3 Å². The number of likely N-dealkylation sites (tertiary alicyclic amines) is 1. The Labute approximate surface area is 211 Å². The zero-order chi connectivity index (χ0) is 25.6. The minimum atomic E-state index is -1.52. The van der Waals surface area contributed by atoms with Crippen LogP contribution in [-0.2, 0) is 6.42 Å². The predicted molar refractivity (Wildman–Crippen MR) is 140 cm³/mol. The first kappa shape index (κ1) is 25.2. The van der Waals surface area contributed by atoms with E-state index in [1.54, 1.807) is 0 Å². The lowest BCUT2D eigenvalue weighted by atomic mass is 9.87. The van der Waals surface area contributed by atoms with E-state index in [-0.39, 0.29) is 24.2 Å². The number of fused-ring (bicyclic) bond motifs is 3. The molecule has 0 saturated carbocycles. The van der Waals surface area contributed by atoms with Crippen LogP contribution in [0.25, 0.3) is 10.9 Å². The van der Waals surface area contributed by atoms with E-state index in [1.165, 1.54) is 26.0 Å². The van der Waals surface area contributed by atoms with Gasteiger partial charge in [-0.25, -0.2) is 13.2 Å². The molecule has 2 aromatic carbocycles. The van der Waals surface area contributed by atoms with Gasteiger partial charge in [-0.05, 0) is 63.9 Å². The number of halogens is 3. The Morgan fingerprint density at radius 2 is 1.81 bits per heavy atom. The van der Waals surface area contributed by atoms with E-state index in [0.29, 0.717) is 12.1 Å². The molecule has 2 N–H and O–H groups in total. The van der Waals surface area contributed by atoms with E-state index in [4.69, 9.17) is 0 Å². The fourth-order valence-corrected chi connectivity index (χ4v) is 5.89. The molecule has 7 heteroatoms. The number of alkyl halides is 1. The lowest BCUT2D eigenvalue weighted by Gasteiger charge is -2.43. The number of hydrogen-bond donors (Lipinski definition) is 2. The molecule has 2 atom stereocenters. The molecule has 0 unspecified atom stereocenters. The van der Waals surface area contributed by atoms with Crippen LogP contribution in [-0.4, -0.2) is 58.7 Å². The molecule has 36 heavy (non-hydrogen) atoms. The molecule has 194 valence electrons. The lowest BCUT2D eigenvalue weighted by Crippen LogP contribution is -2.54. The second-order valence-corrected chi connectivity index (χ2v) is 11.2.